The van der Waals surface area contributed by atoms with E-state index in [9.17, 15) is 52.6 Å². The van der Waals surface area contributed by atoms with Crippen molar-refractivity contribution in [1.82, 2.24) is 40.2 Å². The van der Waals surface area contributed by atoms with Gasteiger partial charge in [0, 0.05) is 86.2 Å². The molecule has 0 spiro atoms. The fourth-order valence-corrected chi connectivity index (χ4v) is 8.12. The van der Waals surface area contributed by atoms with Crippen molar-refractivity contribution < 1.29 is 57.0 Å². The van der Waals surface area contributed by atoms with Gasteiger partial charge in [-0.05, 0) is 60.7 Å². The van der Waals surface area contributed by atoms with Crippen LogP contribution in [0.1, 0.15) is 75.1 Å². The number of carboxylic acids is 1. The molecule has 6 N–H and O–H groups in total. The molecule has 4 atom stereocenters. The number of aliphatic carboxylic acids is 1. The number of carbonyl (C=O) groups excluding carboxylic acids is 8. The second kappa shape index (κ2) is 23.3. The monoisotopic (exact) mass is 967 g/mol. The number of halogens is 2. The van der Waals surface area contributed by atoms with Crippen molar-refractivity contribution in [2.75, 3.05) is 26.2 Å². The minimum atomic E-state index is -2.10. The maximum absolute atomic E-state index is 15.4. The zero-order valence-corrected chi connectivity index (χ0v) is 39.2. The highest BCUT2D eigenvalue weighted by Crippen LogP contribution is 2.41. The Labute approximate surface area is 402 Å². The molecular weight excluding hydrogens is 913 g/mol. The number of carboxylic acid groups (broad SMARTS) is 1. The molecule has 370 valence electrons. The number of rotatable bonds is 22. The summed E-state index contributed by atoms with van der Waals surface area (Å²) < 4.78 is 31.8. The summed E-state index contributed by atoms with van der Waals surface area (Å²) in [5.41, 5.74) is 6.28. The Bertz CT molecular complexity index is 2640. The van der Waals surface area contributed by atoms with Gasteiger partial charge in [-0.1, -0.05) is 51.1 Å². The number of nitrogens with two attached hydrogens (primary N) is 1. The third-order valence-corrected chi connectivity index (χ3v) is 11.3. The first-order valence-corrected chi connectivity index (χ1v) is 22.2. The quantitative estimate of drug-likeness (QED) is 0.0565. The molecule has 1 aliphatic rings. The van der Waals surface area contributed by atoms with E-state index in [0.29, 0.717) is 15.5 Å². The predicted molar refractivity (Wildman–Crippen MR) is 248 cm³/mol. The molecular formula is C49H55F2N9O10. The van der Waals surface area contributed by atoms with Gasteiger partial charge in [0.1, 0.15) is 36.3 Å². The number of carbonyl (C=O) groups is 9. The number of nitrogens with one attached hydrogen (secondary N) is 3. The summed E-state index contributed by atoms with van der Waals surface area (Å²) in [5, 5.41) is 18.1. The molecule has 0 fully saturated rings. The normalized spacial score (nSPS) is 14.0. The van der Waals surface area contributed by atoms with Crippen molar-refractivity contribution in [1.29, 1.82) is 0 Å². The molecule has 2 aromatic carbocycles. The highest BCUT2D eigenvalue weighted by atomic mass is 19.1. The fraction of sp³-hybridized carbons (Fsp3) is 0.347. The lowest BCUT2D eigenvalue weighted by Crippen LogP contribution is -2.62. The zero-order valence-electron chi connectivity index (χ0n) is 39.2. The van der Waals surface area contributed by atoms with Gasteiger partial charge < -0.3 is 41.2 Å². The minimum Gasteiger partial charge on any atom is -0.480 e. The summed E-state index contributed by atoms with van der Waals surface area (Å²) in [4.78, 5) is 125. The van der Waals surface area contributed by atoms with Crippen LogP contribution in [0.3, 0.4) is 0 Å². The third kappa shape index (κ3) is 13.5. The largest absolute Gasteiger partial charge is 0.480 e. The van der Waals surface area contributed by atoms with Crippen molar-refractivity contribution in [3.8, 4) is 11.1 Å². The number of nitrogens with zero attached hydrogens (tertiary/aromatic N) is 5. The Morgan fingerprint density at radius 2 is 1.51 bits per heavy atom. The van der Waals surface area contributed by atoms with Crippen LogP contribution in [-0.2, 0) is 44.9 Å². The van der Waals surface area contributed by atoms with E-state index in [0.717, 1.165) is 35.9 Å². The first-order chi connectivity index (χ1) is 33.1. The number of hydrogen-bond acceptors (Lipinski definition) is 10. The van der Waals surface area contributed by atoms with E-state index < -0.39 is 114 Å². The third-order valence-electron chi connectivity index (χ3n) is 11.3. The average molecular weight is 968 g/mol. The SMILES string of the molecule is CC(=O)N(CC[C@@H](C(=O)NCCNC(=O)CN1C(=O)C=CC1=O)N(C(=O)[C@H](C)NC(=O)c1ccncc1)[C@@H](CC(N)=O)C(=O)O)[C@@H](c1cc(-c2cc(F)ccc2F)cn1Cc1ccccc1)C(C)(C)C. The average Bonchev–Trinajstić information content (AvgIpc) is 3.85. The molecule has 5 rings (SSSR count). The van der Waals surface area contributed by atoms with Gasteiger partial charge in [-0.3, -0.25) is 48.2 Å². The van der Waals surface area contributed by atoms with Crippen molar-refractivity contribution >= 4 is 53.2 Å². The van der Waals surface area contributed by atoms with Crippen LogP contribution >= 0.6 is 0 Å². The van der Waals surface area contributed by atoms with Crippen LogP contribution in [0.15, 0.2) is 97.5 Å². The van der Waals surface area contributed by atoms with Crippen LogP contribution in [0.4, 0.5) is 8.78 Å². The van der Waals surface area contributed by atoms with E-state index in [1.807, 2.05) is 51.1 Å². The predicted octanol–water partition coefficient (Wildman–Crippen LogP) is 2.70. The molecule has 0 saturated heterocycles. The molecule has 2 aromatic heterocycles. The molecule has 1 aliphatic heterocycles. The molecule has 70 heavy (non-hydrogen) atoms. The van der Waals surface area contributed by atoms with Gasteiger partial charge in [-0.2, -0.15) is 0 Å². The molecule has 0 saturated carbocycles. The summed E-state index contributed by atoms with van der Waals surface area (Å²) in [5.74, 6) is -9.89. The molecule has 21 heteroatoms. The van der Waals surface area contributed by atoms with Gasteiger partial charge >= 0.3 is 5.97 Å². The molecule has 0 bridgehead atoms. The number of benzene rings is 2. The highest BCUT2D eigenvalue weighted by Gasteiger charge is 2.43. The smallest absolute Gasteiger partial charge is 0.326 e. The van der Waals surface area contributed by atoms with E-state index in [2.05, 4.69) is 20.9 Å². The first kappa shape index (κ1) is 52.9. The molecule has 4 aromatic rings. The summed E-state index contributed by atoms with van der Waals surface area (Å²) >= 11 is 0. The molecule has 8 amide bonds. The summed E-state index contributed by atoms with van der Waals surface area (Å²) in [6.07, 6.45) is 4.81. The van der Waals surface area contributed by atoms with Gasteiger partial charge in [0.15, 0.2) is 0 Å². The molecule has 0 aliphatic carbocycles. The van der Waals surface area contributed by atoms with Gasteiger partial charge in [0.2, 0.25) is 29.5 Å². The van der Waals surface area contributed by atoms with Gasteiger partial charge in [0.25, 0.3) is 17.7 Å². The Morgan fingerprint density at radius 3 is 2.11 bits per heavy atom. The number of primary amides is 1. The van der Waals surface area contributed by atoms with Gasteiger partial charge in [-0.15, -0.1) is 0 Å². The van der Waals surface area contributed by atoms with E-state index in [1.54, 1.807) is 16.8 Å². The standard InChI is InChI=1S/C49H55F2N9O10/c1-29(56-45(66)32-15-18-53-19-16-32)47(68)60(39(48(69)70)25-40(52)62)37(46(67)55-21-20-54-41(63)28-59-42(64)13-14-43(59)65)17-22-58(30(2)61)44(49(3,4)5)38-23-33(35-24-34(50)11-12-36(35)51)27-57(38)26-31-9-7-6-8-10-31/h6-16,18-19,23-24,27,29,37,39,44H,17,20-22,25-26,28H2,1-5H3,(H2,52,62)(H,54,63)(H,55,67)(H,56,66)(H,69,70)/t29-,37-,39-,44-/m0/s1. The van der Waals surface area contributed by atoms with Crippen LogP contribution in [0.5, 0.6) is 0 Å². The lowest BCUT2D eigenvalue weighted by Gasteiger charge is -2.42. The summed E-state index contributed by atoms with van der Waals surface area (Å²) in [7, 11) is 0. The maximum Gasteiger partial charge on any atom is 0.326 e. The first-order valence-electron chi connectivity index (χ1n) is 22.2. The van der Waals surface area contributed by atoms with Crippen molar-refractivity contribution in [2.45, 2.75) is 78.2 Å². The van der Waals surface area contributed by atoms with Crippen molar-refractivity contribution in [3.63, 3.8) is 0 Å². The highest BCUT2D eigenvalue weighted by molar-refractivity contribution is 6.14. The van der Waals surface area contributed by atoms with Gasteiger partial charge in [0.05, 0.1) is 12.5 Å². The lowest BCUT2D eigenvalue weighted by atomic mass is 9.82. The molecule has 19 nitrogen and oxygen atoms in total. The van der Waals surface area contributed by atoms with E-state index in [1.165, 1.54) is 43.3 Å². The Hall–Kier alpha value is -8.10. The number of pyridine rings is 1. The van der Waals surface area contributed by atoms with Crippen molar-refractivity contribution in [2.24, 2.45) is 11.1 Å². The molecule has 0 radical (unpaired) electrons. The summed E-state index contributed by atoms with van der Waals surface area (Å²) in [6.45, 7) is 6.59. The number of hydrogen-bond donors (Lipinski definition) is 5. The lowest BCUT2D eigenvalue weighted by molar-refractivity contribution is -0.157. The maximum atomic E-state index is 15.4. The van der Waals surface area contributed by atoms with Crippen LogP contribution in [0.25, 0.3) is 11.1 Å². The Morgan fingerprint density at radius 1 is 0.871 bits per heavy atom. The van der Waals surface area contributed by atoms with Crippen LogP contribution in [-0.4, -0.2) is 127 Å². The van der Waals surface area contributed by atoms with Crippen LogP contribution in [0.2, 0.25) is 0 Å². The Kier molecular flexibility index (Phi) is 17.6. The van der Waals surface area contributed by atoms with E-state index >= 15 is 4.39 Å². The second-order valence-corrected chi connectivity index (χ2v) is 17.6. The Balaban J connectivity index is 1.56. The van der Waals surface area contributed by atoms with Crippen LogP contribution in [0, 0.1) is 17.0 Å². The van der Waals surface area contributed by atoms with Crippen molar-refractivity contribution in [3.05, 3.63) is 126 Å². The number of imide groups is 1. The molecule has 0 unspecified atom stereocenters. The number of amides is 8. The topological polar surface area (TPSA) is 264 Å². The zero-order chi connectivity index (χ0) is 51.4. The summed E-state index contributed by atoms with van der Waals surface area (Å²) in [6, 6.07) is 10.2. The number of aromatic nitrogens is 2. The van der Waals surface area contributed by atoms with E-state index in [4.69, 9.17) is 5.73 Å². The van der Waals surface area contributed by atoms with Crippen LogP contribution < -0.4 is 21.7 Å². The molecule has 3 heterocycles. The second-order valence-electron chi connectivity index (χ2n) is 17.6. The van der Waals surface area contributed by atoms with E-state index in [-0.39, 0.29) is 42.9 Å². The fourth-order valence-electron chi connectivity index (χ4n) is 8.12. The minimum absolute atomic E-state index is 0.0495. The van der Waals surface area contributed by atoms with Gasteiger partial charge in [-0.25, -0.2) is 13.6 Å².